The Bertz CT molecular complexity index is 502. The molecule has 0 unspecified atom stereocenters. The van der Waals surface area contributed by atoms with Gasteiger partial charge in [-0.15, -0.1) is 0 Å². The molecule has 0 saturated carbocycles. The monoisotopic (exact) mass is 321 g/mol. The molecule has 3 N–H and O–H groups in total. The van der Waals surface area contributed by atoms with Crippen LogP contribution in [0.2, 0.25) is 0 Å². The van der Waals surface area contributed by atoms with Gasteiger partial charge < -0.3 is 15.3 Å². The minimum absolute atomic E-state index is 0.0358. The molecular weight excluding hydrogens is 290 g/mol. The first-order valence-electron chi connectivity index (χ1n) is 8.81. The Kier molecular flexibility index (Phi) is 7.03. The quantitative estimate of drug-likeness (QED) is 0.688. The summed E-state index contributed by atoms with van der Waals surface area (Å²) in [6.45, 7) is 6.63. The summed E-state index contributed by atoms with van der Waals surface area (Å²) in [5.41, 5.74) is 4.10. The smallest absolute Gasteiger partial charge is 0.0685 e. The zero-order chi connectivity index (χ0) is 16.8. The molecule has 1 heterocycles. The van der Waals surface area contributed by atoms with Crippen LogP contribution in [0.5, 0.6) is 0 Å². The number of aliphatic hydroxyl groups is 3. The average molecular weight is 321 g/mol. The van der Waals surface area contributed by atoms with E-state index in [1.54, 1.807) is 0 Å². The number of hydrogen-bond donors (Lipinski definition) is 3. The molecule has 1 atom stereocenters. The van der Waals surface area contributed by atoms with E-state index >= 15 is 0 Å². The van der Waals surface area contributed by atoms with Gasteiger partial charge in [0.15, 0.2) is 0 Å². The van der Waals surface area contributed by atoms with Crippen molar-refractivity contribution >= 4 is 0 Å². The lowest BCUT2D eigenvalue weighted by Crippen LogP contribution is -2.37. The average Bonchev–Trinajstić information content (AvgIpc) is 2.55. The van der Waals surface area contributed by atoms with Crippen LogP contribution < -0.4 is 0 Å². The molecule has 1 aliphatic rings. The third kappa shape index (κ3) is 4.54. The lowest BCUT2D eigenvalue weighted by molar-refractivity contribution is 0.143. The van der Waals surface area contributed by atoms with Crippen molar-refractivity contribution in [2.75, 3.05) is 19.7 Å². The standard InChI is InChI=1S/C19H31NO3/c1-14(2)4-3-7-20-8-5-15-10-16(12-22)17(13-23)11-18(15)19(20)6-9-21/h10-11,14,19,21-23H,3-9,12-13H2,1-2H3/t19-/m0/s1. The van der Waals surface area contributed by atoms with Gasteiger partial charge in [0.05, 0.1) is 13.2 Å². The number of fused-ring (bicyclic) bond motifs is 1. The molecule has 0 radical (unpaired) electrons. The molecule has 23 heavy (non-hydrogen) atoms. The van der Waals surface area contributed by atoms with Crippen LogP contribution in [-0.4, -0.2) is 39.9 Å². The molecule has 0 amide bonds. The number of hydrogen-bond acceptors (Lipinski definition) is 4. The van der Waals surface area contributed by atoms with Crippen LogP contribution in [0, 0.1) is 5.92 Å². The summed E-state index contributed by atoms with van der Waals surface area (Å²) in [5, 5.41) is 28.5. The number of rotatable bonds is 8. The van der Waals surface area contributed by atoms with Gasteiger partial charge in [-0.25, -0.2) is 0 Å². The molecule has 2 rings (SSSR count). The predicted octanol–water partition coefficient (Wildman–Crippen LogP) is 2.39. The Morgan fingerprint density at radius 2 is 1.83 bits per heavy atom. The third-order valence-electron chi connectivity index (χ3n) is 4.90. The Balaban J connectivity index is 2.22. The zero-order valence-electron chi connectivity index (χ0n) is 14.5. The first-order valence-corrected chi connectivity index (χ1v) is 8.81. The maximum atomic E-state index is 9.56. The maximum Gasteiger partial charge on any atom is 0.0685 e. The summed E-state index contributed by atoms with van der Waals surface area (Å²) in [6.07, 6.45) is 4.09. The summed E-state index contributed by atoms with van der Waals surface area (Å²) < 4.78 is 0. The van der Waals surface area contributed by atoms with E-state index in [-0.39, 0.29) is 25.9 Å². The highest BCUT2D eigenvalue weighted by Crippen LogP contribution is 2.34. The van der Waals surface area contributed by atoms with E-state index in [0.717, 1.165) is 43.0 Å². The van der Waals surface area contributed by atoms with Crippen LogP contribution in [0.1, 0.15) is 61.4 Å². The Morgan fingerprint density at radius 3 is 2.43 bits per heavy atom. The highest BCUT2D eigenvalue weighted by molar-refractivity contribution is 5.41. The van der Waals surface area contributed by atoms with Gasteiger partial charge >= 0.3 is 0 Å². The van der Waals surface area contributed by atoms with Crippen molar-refractivity contribution in [2.45, 2.75) is 58.8 Å². The first-order chi connectivity index (χ1) is 11.1. The minimum Gasteiger partial charge on any atom is -0.396 e. The second-order valence-electron chi connectivity index (χ2n) is 6.99. The summed E-state index contributed by atoms with van der Waals surface area (Å²) in [4.78, 5) is 2.47. The van der Waals surface area contributed by atoms with Crippen LogP contribution in [0.4, 0.5) is 0 Å². The molecule has 0 fully saturated rings. The van der Waals surface area contributed by atoms with Gasteiger partial charge in [-0.05, 0) is 60.4 Å². The minimum atomic E-state index is -0.0532. The Hall–Kier alpha value is -0.940. The lowest BCUT2D eigenvalue weighted by Gasteiger charge is -2.38. The Labute approximate surface area is 139 Å². The number of aliphatic hydroxyl groups excluding tert-OH is 3. The van der Waals surface area contributed by atoms with E-state index in [2.05, 4.69) is 18.7 Å². The second-order valence-corrected chi connectivity index (χ2v) is 6.99. The fourth-order valence-electron chi connectivity index (χ4n) is 3.63. The molecule has 1 aromatic carbocycles. The van der Waals surface area contributed by atoms with Crippen molar-refractivity contribution < 1.29 is 15.3 Å². The van der Waals surface area contributed by atoms with Crippen molar-refractivity contribution in [3.63, 3.8) is 0 Å². The molecule has 4 nitrogen and oxygen atoms in total. The molecule has 0 saturated heterocycles. The van der Waals surface area contributed by atoms with Gasteiger partial charge in [-0.3, -0.25) is 4.90 Å². The van der Waals surface area contributed by atoms with Crippen molar-refractivity contribution in [1.29, 1.82) is 0 Å². The molecule has 0 aromatic heterocycles. The van der Waals surface area contributed by atoms with E-state index in [1.807, 2.05) is 12.1 Å². The van der Waals surface area contributed by atoms with E-state index < -0.39 is 0 Å². The molecule has 130 valence electrons. The Morgan fingerprint density at radius 1 is 1.13 bits per heavy atom. The predicted molar refractivity (Wildman–Crippen MR) is 92.1 cm³/mol. The molecule has 4 heteroatoms. The molecule has 0 spiro atoms. The first kappa shape index (κ1) is 18.4. The molecule has 0 aliphatic carbocycles. The van der Waals surface area contributed by atoms with Crippen LogP contribution in [0.25, 0.3) is 0 Å². The molecule has 1 aromatic rings. The number of nitrogens with zero attached hydrogens (tertiary/aromatic N) is 1. The topological polar surface area (TPSA) is 63.9 Å². The lowest BCUT2D eigenvalue weighted by atomic mass is 9.87. The van der Waals surface area contributed by atoms with E-state index in [4.69, 9.17) is 0 Å². The van der Waals surface area contributed by atoms with Crippen molar-refractivity contribution in [3.05, 3.63) is 34.4 Å². The van der Waals surface area contributed by atoms with Crippen molar-refractivity contribution in [1.82, 2.24) is 4.90 Å². The normalized spacial score (nSPS) is 18.4. The van der Waals surface area contributed by atoms with Crippen LogP contribution >= 0.6 is 0 Å². The van der Waals surface area contributed by atoms with Crippen molar-refractivity contribution in [2.24, 2.45) is 5.92 Å². The summed E-state index contributed by atoms with van der Waals surface area (Å²) in [7, 11) is 0. The van der Waals surface area contributed by atoms with Gasteiger partial charge in [-0.1, -0.05) is 26.0 Å². The summed E-state index contributed by atoms with van der Waals surface area (Å²) >= 11 is 0. The van der Waals surface area contributed by atoms with Gasteiger partial charge in [0.2, 0.25) is 0 Å². The van der Waals surface area contributed by atoms with Gasteiger partial charge in [0.1, 0.15) is 0 Å². The fraction of sp³-hybridized carbons (Fsp3) is 0.684. The molecular formula is C19H31NO3. The van der Waals surface area contributed by atoms with Crippen LogP contribution in [0.15, 0.2) is 12.1 Å². The van der Waals surface area contributed by atoms with Gasteiger partial charge in [0, 0.05) is 19.2 Å². The van der Waals surface area contributed by atoms with E-state index in [0.29, 0.717) is 0 Å². The maximum absolute atomic E-state index is 9.56. The van der Waals surface area contributed by atoms with E-state index in [9.17, 15) is 15.3 Å². The highest BCUT2D eigenvalue weighted by Gasteiger charge is 2.27. The molecule has 1 aliphatic heterocycles. The third-order valence-corrected chi connectivity index (χ3v) is 4.90. The fourth-order valence-corrected chi connectivity index (χ4v) is 3.63. The molecule has 0 bridgehead atoms. The van der Waals surface area contributed by atoms with E-state index in [1.165, 1.54) is 24.0 Å². The SMILES string of the molecule is CC(C)CCCN1CCc2cc(CO)c(CO)cc2[C@@H]1CCO. The highest BCUT2D eigenvalue weighted by atomic mass is 16.3. The van der Waals surface area contributed by atoms with Crippen molar-refractivity contribution in [3.8, 4) is 0 Å². The number of benzene rings is 1. The van der Waals surface area contributed by atoms with Gasteiger partial charge in [-0.2, -0.15) is 0 Å². The van der Waals surface area contributed by atoms with Crippen LogP contribution in [0.3, 0.4) is 0 Å². The second kappa shape index (κ2) is 8.78. The summed E-state index contributed by atoms with van der Waals surface area (Å²) in [6, 6.07) is 4.29. The zero-order valence-corrected chi connectivity index (χ0v) is 14.5. The van der Waals surface area contributed by atoms with Crippen LogP contribution in [-0.2, 0) is 19.6 Å². The summed E-state index contributed by atoms with van der Waals surface area (Å²) in [5.74, 6) is 0.719. The largest absolute Gasteiger partial charge is 0.396 e. The van der Waals surface area contributed by atoms with Gasteiger partial charge in [0.25, 0.3) is 0 Å².